The second kappa shape index (κ2) is 15.5. The van der Waals surface area contributed by atoms with Crippen LogP contribution in [0.15, 0.2) is 179 Å². The van der Waals surface area contributed by atoms with E-state index < -0.39 is 0 Å². The molecule has 2 aromatic rings. The Kier molecular flexibility index (Phi) is 10.3. The summed E-state index contributed by atoms with van der Waals surface area (Å²) in [6.45, 7) is 4.48. The van der Waals surface area contributed by atoms with Gasteiger partial charge in [-0.3, -0.25) is 4.99 Å². The minimum atomic E-state index is 0.223. The molecular weight excluding hydrogens is 593 g/mol. The van der Waals surface area contributed by atoms with Crippen LogP contribution in [0, 0.1) is 23.7 Å². The van der Waals surface area contributed by atoms with Crippen molar-refractivity contribution in [1.29, 1.82) is 0 Å². The van der Waals surface area contributed by atoms with Gasteiger partial charge in [-0.25, -0.2) is 0 Å². The molecule has 0 saturated heterocycles. The number of aliphatic imine (C=N–C) groups is 1. The fourth-order valence-electron chi connectivity index (χ4n) is 7.67. The molecular formula is C47H48N2. The zero-order chi connectivity index (χ0) is 33.4. The molecule has 0 heterocycles. The Morgan fingerprint density at radius 1 is 0.939 bits per heavy atom. The van der Waals surface area contributed by atoms with Gasteiger partial charge in [-0.1, -0.05) is 117 Å². The summed E-state index contributed by atoms with van der Waals surface area (Å²) in [6, 6.07) is 17.9. The average Bonchev–Trinajstić information content (AvgIpc) is 3.14. The second-order valence-corrected chi connectivity index (χ2v) is 13.6. The van der Waals surface area contributed by atoms with Gasteiger partial charge in [0.25, 0.3) is 0 Å². The van der Waals surface area contributed by atoms with E-state index in [-0.39, 0.29) is 5.92 Å². The molecule has 0 bridgehead atoms. The van der Waals surface area contributed by atoms with Gasteiger partial charge in [-0.05, 0) is 110 Å². The van der Waals surface area contributed by atoms with E-state index in [1.54, 1.807) is 0 Å². The number of allylic oxidation sites excluding steroid dienone is 18. The standard InChI is InChI=1S/C47H48N2/c1-3-4-25-46(35(2)43-24-14-18-38-17-12-13-22-44(38)43)48-40-31-27-36(28-32-40)37-29-33-42(34-30-37)49(41-20-9-7-10-21-41)47-26-15-19-39-16-8-5-6-11-23-45(39)47/h4,6,8,12-18,20,22-35,38-39,44H,3,5,7,9-10,19,21H2,1-2H3/b16-8?,25-4+,48-46?. The number of nitrogens with zero attached hydrogens (tertiary/aromatic N) is 2. The first kappa shape index (κ1) is 32.6. The van der Waals surface area contributed by atoms with E-state index in [1.165, 1.54) is 52.2 Å². The van der Waals surface area contributed by atoms with Crippen molar-refractivity contribution in [2.45, 2.75) is 58.8 Å². The monoisotopic (exact) mass is 640 g/mol. The maximum atomic E-state index is 5.21. The minimum absolute atomic E-state index is 0.223. The van der Waals surface area contributed by atoms with Crippen LogP contribution in [-0.2, 0) is 0 Å². The van der Waals surface area contributed by atoms with Gasteiger partial charge in [0.05, 0.1) is 5.69 Å². The van der Waals surface area contributed by atoms with Crippen molar-refractivity contribution in [3.8, 4) is 11.1 Å². The normalized spacial score (nSPS) is 23.6. The van der Waals surface area contributed by atoms with Gasteiger partial charge in [0.2, 0.25) is 0 Å². The quantitative estimate of drug-likeness (QED) is 0.151. The highest BCUT2D eigenvalue weighted by Gasteiger charge is 2.28. The zero-order valence-corrected chi connectivity index (χ0v) is 29.0. The van der Waals surface area contributed by atoms with Gasteiger partial charge >= 0.3 is 0 Å². The van der Waals surface area contributed by atoms with E-state index in [0.29, 0.717) is 17.8 Å². The Bertz CT molecular complexity index is 1890. The number of hydrogen-bond donors (Lipinski definition) is 0. The van der Waals surface area contributed by atoms with Crippen LogP contribution < -0.4 is 4.90 Å². The highest BCUT2D eigenvalue weighted by Crippen LogP contribution is 2.39. The van der Waals surface area contributed by atoms with Crippen molar-refractivity contribution in [2.24, 2.45) is 28.7 Å². The lowest BCUT2D eigenvalue weighted by Gasteiger charge is -2.34. The van der Waals surface area contributed by atoms with Crippen molar-refractivity contribution in [3.63, 3.8) is 0 Å². The van der Waals surface area contributed by atoms with Crippen LogP contribution in [0.25, 0.3) is 11.1 Å². The van der Waals surface area contributed by atoms with Gasteiger partial charge < -0.3 is 4.90 Å². The van der Waals surface area contributed by atoms with E-state index in [0.717, 1.165) is 43.5 Å². The molecule has 246 valence electrons. The van der Waals surface area contributed by atoms with Crippen molar-refractivity contribution in [2.75, 3.05) is 4.90 Å². The van der Waals surface area contributed by atoms with Crippen molar-refractivity contribution in [1.82, 2.24) is 0 Å². The SMILES string of the molecule is CC/C=C/C(=Nc1ccc(-c2ccc(N(C3=CCCCC3)C3=C4C=C=CCC=CC4CC=C3)cc2)cc1)C(C)C1=CC=CC2C=CC=CC12. The lowest BCUT2D eigenvalue weighted by atomic mass is 9.74. The summed E-state index contributed by atoms with van der Waals surface area (Å²) in [5, 5.41) is 0. The maximum Gasteiger partial charge on any atom is 0.0633 e. The molecule has 4 unspecified atom stereocenters. The van der Waals surface area contributed by atoms with Crippen LogP contribution in [0.2, 0.25) is 0 Å². The Balaban J connectivity index is 1.16. The summed E-state index contributed by atoms with van der Waals surface area (Å²) in [5.74, 6) is 1.45. The predicted molar refractivity (Wildman–Crippen MR) is 210 cm³/mol. The third-order valence-electron chi connectivity index (χ3n) is 10.4. The van der Waals surface area contributed by atoms with Gasteiger partial charge in [0, 0.05) is 46.5 Å². The lowest BCUT2D eigenvalue weighted by Crippen LogP contribution is -2.26. The van der Waals surface area contributed by atoms with Crippen molar-refractivity contribution >= 4 is 17.1 Å². The summed E-state index contributed by atoms with van der Waals surface area (Å²) >= 11 is 0. The van der Waals surface area contributed by atoms with Crippen LogP contribution in [0.1, 0.15) is 58.8 Å². The summed E-state index contributed by atoms with van der Waals surface area (Å²) in [6.07, 6.45) is 44.1. The molecule has 0 aromatic heterocycles. The lowest BCUT2D eigenvalue weighted by molar-refractivity contribution is 0.582. The highest BCUT2D eigenvalue weighted by molar-refractivity contribution is 6.00. The number of benzene rings is 2. The van der Waals surface area contributed by atoms with Gasteiger partial charge in [-0.15, -0.1) is 5.73 Å². The van der Waals surface area contributed by atoms with Gasteiger partial charge in [0.1, 0.15) is 0 Å². The van der Waals surface area contributed by atoms with Gasteiger partial charge in [0.15, 0.2) is 0 Å². The Labute approximate surface area is 293 Å². The predicted octanol–water partition coefficient (Wildman–Crippen LogP) is 12.6. The third-order valence-corrected chi connectivity index (χ3v) is 10.4. The Hall–Kier alpha value is -4.91. The Morgan fingerprint density at radius 2 is 1.73 bits per heavy atom. The van der Waals surface area contributed by atoms with Crippen molar-refractivity contribution in [3.05, 3.63) is 174 Å². The first-order valence-electron chi connectivity index (χ1n) is 18.4. The van der Waals surface area contributed by atoms with Crippen molar-refractivity contribution < 1.29 is 0 Å². The number of hydrogen-bond acceptors (Lipinski definition) is 2. The molecule has 2 nitrogen and oxygen atoms in total. The molecule has 4 atom stereocenters. The fraction of sp³-hybridized carbons (Fsp3) is 0.277. The van der Waals surface area contributed by atoms with Gasteiger partial charge in [-0.2, -0.15) is 0 Å². The molecule has 0 amide bonds. The van der Waals surface area contributed by atoms with Crippen LogP contribution in [0.4, 0.5) is 11.4 Å². The first-order chi connectivity index (χ1) is 24.2. The van der Waals surface area contributed by atoms with Crippen LogP contribution in [0.3, 0.4) is 0 Å². The molecule has 2 heteroatoms. The summed E-state index contributed by atoms with van der Waals surface area (Å²) < 4.78 is 0. The Morgan fingerprint density at radius 3 is 2.53 bits per heavy atom. The van der Waals surface area contributed by atoms with E-state index >= 15 is 0 Å². The number of rotatable bonds is 9. The highest BCUT2D eigenvalue weighted by atomic mass is 15.2. The number of anilines is 1. The molecule has 0 fully saturated rings. The minimum Gasteiger partial charge on any atom is -0.314 e. The van der Waals surface area contributed by atoms with Crippen LogP contribution >= 0.6 is 0 Å². The molecule has 5 aliphatic carbocycles. The summed E-state index contributed by atoms with van der Waals surface area (Å²) in [7, 11) is 0. The molecule has 7 rings (SSSR count). The molecule has 0 saturated carbocycles. The molecule has 0 spiro atoms. The smallest absolute Gasteiger partial charge is 0.0633 e. The molecule has 0 N–H and O–H groups in total. The largest absolute Gasteiger partial charge is 0.314 e. The zero-order valence-electron chi connectivity index (χ0n) is 29.0. The van der Waals surface area contributed by atoms with E-state index in [2.05, 4.69) is 170 Å². The average molecular weight is 641 g/mol. The van der Waals surface area contributed by atoms with Crippen LogP contribution in [-0.4, -0.2) is 5.71 Å². The van der Waals surface area contributed by atoms with E-state index in [1.807, 2.05) is 0 Å². The van der Waals surface area contributed by atoms with E-state index in [4.69, 9.17) is 4.99 Å². The summed E-state index contributed by atoms with van der Waals surface area (Å²) in [4.78, 5) is 7.73. The maximum absolute atomic E-state index is 5.21. The molecule has 0 radical (unpaired) electrons. The summed E-state index contributed by atoms with van der Waals surface area (Å²) in [5.41, 5.74) is 14.7. The molecule has 0 aliphatic heterocycles. The number of fused-ring (bicyclic) bond motifs is 2. The topological polar surface area (TPSA) is 15.6 Å². The molecule has 2 aromatic carbocycles. The third kappa shape index (κ3) is 7.41. The second-order valence-electron chi connectivity index (χ2n) is 13.6. The first-order valence-corrected chi connectivity index (χ1v) is 18.4. The van der Waals surface area contributed by atoms with Crippen LogP contribution in [0.5, 0.6) is 0 Å². The molecule has 5 aliphatic rings. The molecule has 49 heavy (non-hydrogen) atoms. The van der Waals surface area contributed by atoms with E-state index in [9.17, 15) is 0 Å². The fourth-order valence-corrected chi connectivity index (χ4v) is 7.67.